The van der Waals surface area contributed by atoms with E-state index in [4.69, 9.17) is 11.6 Å². The minimum atomic E-state index is -0.168. The van der Waals surface area contributed by atoms with Gasteiger partial charge in [0, 0.05) is 17.2 Å². The van der Waals surface area contributed by atoms with E-state index in [0.717, 1.165) is 23.1 Å². The number of carbonyl (C=O) groups is 1. The average molecular weight is 309 g/mol. The lowest BCUT2D eigenvalue weighted by Crippen LogP contribution is -2.36. The van der Waals surface area contributed by atoms with Crippen LogP contribution < -0.4 is 5.32 Å². The zero-order valence-electron chi connectivity index (χ0n) is 11.5. The van der Waals surface area contributed by atoms with Gasteiger partial charge in [0.25, 0.3) is 5.91 Å². The summed E-state index contributed by atoms with van der Waals surface area (Å²) in [5.41, 5.74) is 1.11. The standard InChI is InChI=1S/C15H17ClN2OS/c1-3-10(9-20-2)17-15(19)14-8-12(16)11-6-4-5-7-13(11)18-14/h4-8,10H,3,9H2,1-2H3,(H,17,19). The van der Waals surface area contributed by atoms with Gasteiger partial charge in [0.2, 0.25) is 0 Å². The highest BCUT2D eigenvalue weighted by molar-refractivity contribution is 7.98. The van der Waals surface area contributed by atoms with Gasteiger partial charge in [0.05, 0.1) is 10.5 Å². The number of hydrogen-bond donors (Lipinski definition) is 1. The number of benzene rings is 1. The predicted octanol–water partition coefficient (Wildman–Crippen LogP) is 3.76. The maximum absolute atomic E-state index is 12.2. The van der Waals surface area contributed by atoms with Gasteiger partial charge >= 0.3 is 0 Å². The molecule has 2 aromatic rings. The van der Waals surface area contributed by atoms with Crippen molar-refractivity contribution in [3.63, 3.8) is 0 Å². The number of amides is 1. The van der Waals surface area contributed by atoms with E-state index in [0.29, 0.717) is 10.7 Å². The molecule has 3 nitrogen and oxygen atoms in total. The van der Waals surface area contributed by atoms with E-state index in [9.17, 15) is 4.79 Å². The fourth-order valence-electron chi connectivity index (χ4n) is 1.97. The molecule has 1 atom stereocenters. The molecule has 0 aliphatic rings. The first-order valence-electron chi connectivity index (χ1n) is 6.50. The molecule has 106 valence electrons. The van der Waals surface area contributed by atoms with E-state index < -0.39 is 0 Å². The van der Waals surface area contributed by atoms with Crippen molar-refractivity contribution in [2.75, 3.05) is 12.0 Å². The molecule has 0 aliphatic carbocycles. The second kappa shape index (κ2) is 6.95. The zero-order chi connectivity index (χ0) is 14.5. The SMILES string of the molecule is CCC(CSC)NC(=O)c1cc(Cl)c2ccccc2n1. The fraction of sp³-hybridized carbons (Fsp3) is 0.333. The molecule has 1 aromatic carbocycles. The Bertz CT molecular complexity index is 618. The average Bonchev–Trinajstić information content (AvgIpc) is 2.46. The lowest BCUT2D eigenvalue weighted by molar-refractivity contribution is 0.0935. The van der Waals surface area contributed by atoms with Crippen LogP contribution in [0.1, 0.15) is 23.8 Å². The van der Waals surface area contributed by atoms with Gasteiger partial charge in [-0.1, -0.05) is 36.7 Å². The van der Waals surface area contributed by atoms with Crippen LogP contribution in [0, 0.1) is 0 Å². The first-order valence-corrected chi connectivity index (χ1v) is 8.28. The van der Waals surface area contributed by atoms with Gasteiger partial charge in [-0.05, 0) is 24.8 Å². The third-order valence-electron chi connectivity index (χ3n) is 3.09. The highest BCUT2D eigenvalue weighted by Crippen LogP contribution is 2.22. The quantitative estimate of drug-likeness (QED) is 0.914. The fourth-order valence-corrected chi connectivity index (χ4v) is 2.96. The number of fused-ring (bicyclic) bond motifs is 1. The molecule has 0 fully saturated rings. The summed E-state index contributed by atoms with van der Waals surface area (Å²) in [7, 11) is 0. The summed E-state index contributed by atoms with van der Waals surface area (Å²) in [6.07, 6.45) is 2.92. The third-order valence-corrected chi connectivity index (χ3v) is 4.14. The Labute approximate surface area is 128 Å². The van der Waals surface area contributed by atoms with E-state index in [-0.39, 0.29) is 11.9 Å². The van der Waals surface area contributed by atoms with Crippen LogP contribution in [0.2, 0.25) is 5.02 Å². The van der Waals surface area contributed by atoms with Crippen molar-refractivity contribution < 1.29 is 4.79 Å². The molecule has 0 spiro atoms. The largest absolute Gasteiger partial charge is 0.347 e. The molecule has 2 rings (SSSR count). The molecule has 0 bridgehead atoms. The summed E-state index contributed by atoms with van der Waals surface area (Å²) in [5, 5.41) is 4.41. The number of hydrogen-bond acceptors (Lipinski definition) is 3. The zero-order valence-corrected chi connectivity index (χ0v) is 13.1. The van der Waals surface area contributed by atoms with Crippen LogP contribution in [-0.4, -0.2) is 28.9 Å². The third kappa shape index (κ3) is 3.44. The van der Waals surface area contributed by atoms with Crippen molar-refractivity contribution in [2.24, 2.45) is 0 Å². The summed E-state index contributed by atoms with van der Waals surface area (Å²) in [4.78, 5) is 16.6. The normalized spacial score (nSPS) is 12.3. The van der Waals surface area contributed by atoms with Gasteiger partial charge in [-0.25, -0.2) is 4.98 Å². The van der Waals surface area contributed by atoms with E-state index in [1.165, 1.54) is 0 Å². The first kappa shape index (κ1) is 15.1. The molecule has 20 heavy (non-hydrogen) atoms. The second-order valence-corrected chi connectivity index (χ2v) is 5.86. The molecular formula is C15H17ClN2OS. The van der Waals surface area contributed by atoms with Gasteiger partial charge in [0.15, 0.2) is 0 Å². The number of aromatic nitrogens is 1. The Hall–Kier alpha value is -1.26. The van der Waals surface area contributed by atoms with E-state index in [2.05, 4.69) is 17.2 Å². The van der Waals surface area contributed by atoms with E-state index in [1.54, 1.807) is 17.8 Å². The van der Waals surface area contributed by atoms with Gasteiger partial charge in [0.1, 0.15) is 5.69 Å². The van der Waals surface area contributed by atoms with E-state index in [1.807, 2.05) is 30.5 Å². The molecule has 0 radical (unpaired) electrons. The highest BCUT2D eigenvalue weighted by atomic mass is 35.5. The van der Waals surface area contributed by atoms with Crippen molar-refractivity contribution >= 4 is 40.2 Å². The van der Waals surface area contributed by atoms with Gasteiger partial charge in [-0.2, -0.15) is 11.8 Å². The Balaban J connectivity index is 2.26. The summed E-state index contributed by atoms with van der Waals surface area (Å²) >= 11 is 7.93. The molecule has 1 aromatic heterocycles. The van der Waals surface area contributed by atoms with Crippen LogP contribution in [-0.2, 0) is 0 Å². The molecule has 0 saturated heterocycles. The Kier molecular flexibility index (Phi) is 5.26. The smallest absolute Gasteiger partial charge is 0.270 e. The van der Waals surface area contributed by atoms with Gasteiger partial charge in [-0.15, -0.1) is 0 Å². The van der Waals surface area contributed by atoms with Gasteiger partial charge < -0.3 is 5.32 Å². The van der Waals surface area contributed by atoms with Crippen LogP contribution in [0.3, 0.4) is 0 Å². The summed E-state index contributed by atoms with van der Waals surface area (Å²) in [6, 6.07) is 9.33. The number of nitrogens with zero attached hydrogens (tertiary/aromatic N) is 1. The molecule has 5 heteroatoms. The highest BCUT2D eigenvalue weighted by Gasteiger charge is 2.14. The summed E-state index contributed by atoms with van der Waals surface area (Å²) in [6.45, 7) is 2.06. The molecule has 1 N–H and O–H groups in total. The van der Waals surface area contributed by atoms with Crippen LogP contribution in [0.5, 0.6) is 0 Å². The maximum atomic E-state index is 12.2. The van der Waals surface area contributed by atoms with Crippen molar-refractivity contribution in [1.29, 1.82) is 0 Å². The summed E-state index contributed by atoms with van der Waals surface area (Å²) < 4.78 is 0. The van der Waals surface area contributed by atoms with Crippen LogP contribution >= 0.6 is 23.4 Å². The van der Waals surface area contributed by atoms with Crippen molar-refractivity contribution in [3.8, 4) is 0 Å². The minimum Gasteiger partial charge on any atom is -0.347 e. The predicted molar refractivity (Wildman–Crippen MR) is 86.7 cm³/mol. The lowest BCUT2D eigenvalue weighted by atomic mass is 10.2. The number of halogens is 1. The summed E-state index contributed by atoms with van der Waals surface area (Å²) in [5.74, 6) is 0.724. The molecule has 1 heterocycles. The number of pyridine rings is 1. The Morgan fingerprint density at radius 2 is 2.20 bits per heavy atom. The topological polar surface area (TPSA) is 42.0 Å². The maximum Gasteiger partial charge on any atom is 0.270 e. The molecule has 0 saturated carbocycles. The number of para-hydroxylation sites is 1. The minimum absolute atomic E-state index is 0.157. The van der Waals surface area contributed by atoms with Crippen LogP contribution in [0.15, 0.2) is 30.3 Å². The van der Waals surface area contributed by atoms with Crippen molar-refractivity contribution in [1.82, 2.24) is 10.3 Å². The second-order valence-electron chi connectivity index (χ2n) is 4.54. The number of nitrogens with one attached hydrogen (secondary N) is 1. The number of thioether (sulfide) groups is 1. The number of rotatable bonds is 5. The Morgan fingerprint density at radius 3 is 2.90 bits per heavy atom. The molecular weight excluding hydrogens is 292 g/mol. The van der Waals surface area contributed by atoms with Crippen molar-refractivity contribution in [2.45, 2.75) is 19.4 Å². The Morgan fingerprint density at radius 1 is 1.45 bits per heavy atom. The van der Waals surface area contributed by atoms with Gasteiger partial charge in [-0.3, -0.25) is 4.79 Å². The number of carbonyl (C=O) groups excluding carboxylic acids is 1. The molecule has 0 aliphatic heterocycles. The monoisotopic (exact) mass is 308 g/mol. The first-order chi connectivity index (χ1) is 9.65. The van der Waals surface area contributed by atoms with Crippen molar-refractivity contribution in [3.05, 3.63) is 41.0 Å². The van der Waals surface area contributed by atoms with E-state index >= 15 is 0 Å². The van der Waals surface area contributed by atoms with Crippen LogP contribution in [0.25, 0.3) is 10.9 Å². The lowest BCUT2D eigenvalue weighted by Gasteiger charge is -2.15. The van der Waals surface area contributed by atoms with Crippen LogP contribution in [0.4, 0.5) is 0 Å². The molecule has 1 amide bonds. The molecule has 1 unspecified atom stereocenters.